The Morgan fingerprint density at radius 1 is 1.12 bits per heavy atom. The maximum absolute atomic E-state index is 11.0. The van der Waals surface area contributed by atoms with Crippen LogP contribution in [0.1, 0.15) is 21.5 Å². The van der Waals surface area contributed by atoms with Crippen LogP contribution in [0.25, 0.3) is 34.0 Å². The number of benzene rings is 2. The second-order valence-electron chi connectivity index (χ2n) is 5.98. The number of nitrogens with zero attached hydrogens (tertiary/aromatic N) is 2. The van der Waals surface area contributed by atoms with Crippen LogP contribution in [0.2, 0.25) is 5.02 Å². The molecule has 7 heteroatoms. The van der Waals surface area contributed by atoms with Gasteiger partial charge in [-0.3, -0.25) is 0 Å². The predicted molar refractivity (Wildman–Crippen MR) is 96.4 cm³/mol. The zero-order valence-corrected chi connectivity index (χ0v) is 14.7. The van der Waals surface area contributed by atoms with E-state index in [4.69, 9.17) is 25.6 Å². The van der Waals surface area contributed by atoms with Crippen LogP contribution >= 0.6 is 11.6 Å². The van der Waals surface area contributed by atoms with Crippen LogP contribution < -0.4 is 0 Å². The summed E-state index contributed by atoms with van der Waals surface area (Å²) in [6.45, 7) is 3.98. The van der Waals surface area contributed by atoms with Crippen LogP contribution in [0, 0.1) is 13.8 Å². The van der Waals surface area contributed by atoms with E-state index in [2.05, 4.69) is 10.1 Å². The highest BCUT2D eigenvalue weighted by atomic mass is 35.5. The minimum atomic E-state index is -1.06. The van der Waals surface area contributed by atoms with Gasteiger partial charge in [0.15, 0.2) is 5.76 Å². The van der Waals surface area contributed by atoms with Gasteiger partial charge >= 0.3 is 5.97 Å². The summed E-state index contributed by atoms with van der Waals surface area (Å²) in [6.07, 6.45) is 0. The lowest BCUT2D eigenvalue weighted by Crippen LogP contribution is -1.96. The van der Waals surface area contributed by atoms with Gasteiger partial charge in [0, 0.05) is 5.39 Å². The molecule has 0 unspecified atom stereocenters. The first-order valence-corrected chi connectivity index (χ1v) is 8.19. The van der Waals surface area contributed by atoms with Crippen molar-refractivity contribution < 1.29 is 18.8 Å². The molecule has 0 bridgehead atoms. The summed E-state index contributed by atoms with van der Waals surface area (Å²) in [6, 6.07) is 10.2. The van der Waals surface area contributed by atoms with E-state index >= 15 is 0 Å². The van der Waals surface area contributed by atoms with E-state index in [1.54, 1.807) is 0 Å². The van der Waals surface area contributed by atoms with Gasteiger partial charge in [-0.25, -0.2) is 4.79 Å². The molecule has 2 aromatic heterocycles. The molecule has 4 aromatic rings. The van der Waals surface area contributed by atoms with E-state index in [1.165, 1.54) is 18.2 Å². The fourth-order valence-corrected chi connectivity index (χ4v) is 3.02. The molecule has 0 atom stereocenters. The minimum absolute atomic E-state index is 0.0849. The number of aryl methyl sites for hydroxylation is 2. The highest BCUT2D eigenvalue weighted by Gasteiger charge is 2.18. The number of carboxylic acid groups (broad SMARTS) is 1. The molecule has 130 valence electrons. The average Bonchev–Trinajstić information content (AvgIpc) is 3.25. The molecule has 1 N–H and O–H groups in total. The zero-order valence-electron chi connectivity index (χ0n) is 13.9. The lowest BCUT2D eigenvalue weighted by molar-refractivity contribution is 0.0697. The first kappa shape index (κ1) is 16.4. The topological polar surface area (TPSA) is 89.4 Å². The van der Waals surface area contributed by atoms with E-state index < -0.39 is 5.97 Å². The largest absolute Gasteiger partial charge is 0.478 e. The Hall–Kier alpha value is -3.12. The van der Waals surface area contributed by atoms with Crippen molar-refractivity contribution in [3.63, 3.8) is 0 Å². The summed E-state index contributed by atoms with van der Waals surface area (Å²) in [4.78, 5) is 15.3. The van der Waals surface area contributed by atoms with Gasteiger partial charge in [-0.15, -0.1) is 0 Å². The van der Waals surface area contributed by atoms with Crippen molar-refractivity contribution in [2.75, 3.05) is 0 Å². The molecule has 6 nitrogen and oxygen atoms in total. The third kappa shape index (κ3) is 2.64. The molecule has 2 aromatic carbocycles. The SMILES string of the molecule is Cc1ccc(C)c2oc(-c3noc(-c4ccc(C(=O)O)cc4Cl)n3)cc12. The van der Waals surface area contributed by atoms with E-state index in [0.29, 0.717) is 17.1 Å². The molecule has 0 fully saturated rings. The zero-order chi connectivity index (χ0) is 18.4. The number of fused-ring (bicyclic) bond motifs is 1. The summed E-state index contributed by atoms with van der Waals surface area (Å²) in [5.41, 5.74) is 3.44. The number of hydrogen-bond donors (Lipinski definition) is 1. The second-order valence-corrected chi connectivity index (χ2v) is 6.38. The summed E-state index contributed by atoms with van der Waals surface area (Å²) >= 11 is 6.15. The van der Waals surface area contributed by atoms with Crippen LogP contribution in [-0.2, 0) is 0 Å². The van der Waals surface area contributed by atoms with Gasteiger partial charge in [0.1, 0.15) is 5.58 Å². The van der Waals surface area contributed by atoms with E-state index in [1.807, 2.05) is 32.0 Å². The fourth-order valence-electron chi connectivity index (χ4n) is 2.76. The van der Waals surface area contributed by atoms with Gasteiger partial charge in [-0.05, 0) is 49.2 Å². The number of aromatic carboxylic acids is 1. The van der Waals surface area contributed by atoms with Gasteiger partial charge in [0.05, 0.1) is 16.1 Å². The third-order valence-electron chi connectivity index (χ3n) is 4.19. The lowest BCUT2D eigenvalue weighted by Gasteiger charge is -2.00. The average molecular weight is 369 g/mol. The number of halogens is 1. The fraction of sp³-hybridized carbons (Fsp3) is 0.105. The summed E-state index contributed by atoms with van der Waals surface area (Å²) in [7, 11) is 0. The first-order chi connectivity index (χ1) is 12.4. The van der Waals surface area contributed by atoms with Crippen molar-refractivity contribution in [3.8, 4) is 23.0 Å². The summed E-state index contributed by atoms with van der Waals surface area (Å²) in [5.74, 6) is -0.0763. The Kier molecular flexibility index (Phi) is 3.77. The van der Waals surface area contributed by atoms with Crippen LogP contribution in [0.5, 0.6) is 0 Å². The van der Waals surface area contributed by atoms with Gasteiger partial charge in [0.25, 0.3) is 5.89 Å². The van der Waals surface area contributed by atoms with E-state index in [-0.39, 0.29) is 16.5 Å². The van der Waals surface area contributed by atoms with E-state index in [9.17, 15) is 4.79 Å². The number of aromatic nitrogens is 2. The van der Waals surface area contributed by atoms with Crippen molar-refractivity contribution >= 4 is 28.5 Å². The monoisotopic (exact) mass is 368 g/mol. The van der Waals surface area contributed by atoms with E-state index in [0.717, 1.165) is 22.1 Å². The highest BCUT2D eigenvalue weighted by Crippen LogP contribution is 2.33. The maximum Gasteiger partial charge on any atom is 0.335 e. The Bertz CT molecular complexity index is 1120. The van der Waals surface area contributed by atoms with Crippen molar-refractivity contribution in [3.05, 3.63) is 58.1 Å². The predicted octanol–water partition coefficient (Wildman–Crippen LogP) is 5.12. The molecule has 4 rings (SSSR count). The molecule has 2 heterocycles. The summed E-state index contributed by atoms with van der Waals surface area (Å²) in [5, 5.41) is 14.2. The molecule has 0 saturated carbocycles. The Morgan fingerprint density at radius 2 is 1.88 bits per heavy atom. The molecule has 0 aliphatic carbocycles. The molecule has 0 radical (unpaired) electrons. The van der Waals surface area contributed by atoms with Crippen molar-refractivity contribution in [1.29, 1.82) is 0 Å². The number of rotatable bonds is 3. The molecule has 0 amide bonds. The smallest absolute Gasteiger partial charge is 0.335 e. The lowest BCUT2D eigenvalue weighted by atomic mass is 10.1. The second kappa shape index (κ2) is 6.00. The number of carbonyl (C=O) groups is 1. The minimum Gasteiger partial charge on any atom is -0.478 e. The Balaban J connectivity index is 1.76. The number of furan rings is 1. The van der Waals surface area contributed by atoms with Crippen molar-refractivity contribution in [1.82, 2.24) is 10.1 Å². The molecular weight excluding hydrogens is 356 g/mol. The maximum atomic E-state index is 11.0. The molecule has 26 heavy (non-hydrogen) atoms. The van der Waals surface area contributed by atoms with Gasteiger partial charge < -0.3 is 14.0 Å². The Morgan fingerprint density at radius 3 is 2.58 bits per heavy atom. The summed E-state index contributed by atoms with van der Waals surface area (Å²) < 4.78 is 11.2. The van der Waals surface area contributed by atoms with Crippen molar-refractivity contribution in [2.24, 2.45) is 0 Å². The molecule has 0 aliphatic rings. The third-order valence-corrected chi connectivity index (χ3v) is 4.50. The first-order valence-electron chi connectivity index (χ1n) is 7.81. The Labute approximate surface area is 153 Å². The number of hydrogen-bond acceptors (Lipinski definition) is 5. The van der Waals surface area contributed by atoms with Crippen LogP contribution in [0.3, 0.4) is 0 Å². The van der Waals surface area contributed by atoms with Crippen molar-refractivity contribution in [2.45, 2.75) is 13.8 Å². The quantitative estimate of drug-likeness (QED) is 0.540. The van der Waals surface area contributed by atoms with Crippen LogP contribution in [0.4, 0.5) is 0 Å². The normalized spacial score (nSPS) is 11.2. The molecule has 0 aliphatic heterocycles. The molecule has 0 saturated heterocycles. The molecular formula is C19H13ClN2O4. The van der Waals surface area contributed by atoms with Gasteiger partial charge in [-0.2, -0.15) is 4.98 Å². The van der Waals surface area contributed by atoms with Crippen LogP contribution in [0.15, 0.2) is 45.3 Å². The van der Waals surface area contributed by atoms with Crippen LogP contribution in [-0.4, -0.2) is 21.2 Å². The number of carboxylic acids is 1. The highest BCUT2D eigenvalue weighted by molar-refractivity contribution is 6.33. The van der Waals surface area contributed by atoms with Gasteiger partial charge in [0.2, 0.25) is 5.82 Å². The van der Waals surface area contributed by atoms with Gasteiger partial charge in [-0.1, -0.05) is 28.9 Å². The molecule has 0 spiro atoms. The standard InChI is InChI=1S/C19H13ClN2O4/c1-9-3-4-10(2)16-13(9)8-15(25-16)17-21-18(26-22-17)12-6-5-11(19(23)24)7-14(12)20/h3-8H,1-2H3,(H,23,24).